The van der Waals surface area contributed by atoms with Gasteiger partial charge in [-0.15, -0.1) is 10.2 Å². The van der Waals surface area contributed by atoms with E-state index in [1.807, 2.05) is 6.92 Å². The number of aryl methyl sites for hydroxylation is 1. The van der Waals surface area contributed by atoms with Gasteiger partial charge in [0.2, 0.25) is 5.91 Å². The van der Waals surface area contributed by atoms with Gasteiger partial charge < -0.3 is 9.88 Å². The highest BCUT2D eigenvalue weighted by Crippen LogP contribution is 2.34. The van der Waals surface area contributed by atoms with E-state index < -0.39 is 34.3 Å². The molecule has 1 aliphatic rings. The van der Waals surface area contributed by atoms with Crippen molar-refractivity contribution in [2.75, 3.05) is 5.32 Å². The lowest BCUT2D eigenvalue weighted by Gasteiger charge is -2.25. The number of hydrogen-bond acceptors (Lipinski definition) is 4. The normalized spacial score (nSPS) is 16.3. The second-order valence-electron chi connectivity index (χ2n) is 6.66. The van der Waals surface area contributed by atoms with E-state index in [0.29, 0.717) is 11.2 Å². The highest BCUT2D eigenvalue weighted by Gasteiger charge is 2.25. The second-order valence-corrected chi connectivity index (χ2v) is 7.97. The summed E-state index contributed by atoms with van der Waals surface area (Å²) in [5.41, 5.74) is -0.392. The number of benzene rings is 1. The Balaban J connectivity index is 1.71. The fraction of sp³-hybridized carbons (Fsp3) is 0.500. The molecule has 0 radical (unpaired) electrons. The number of amides is 1. The fourth-order valence-corrected chi connectivity index (χ4v) is 4.22. The average molecular weight is 398 g/mol. The van der Waals surface area contributed by atoms with Crippen molar-refractivity contribution in [1.82, 2.24) is 14.8 Å². The minimum atomic E-state index is -1.61. The Kier molecular flexibility index (Phi) is 6.08. The maximum Gasteiger partial charge on any atom is 0.237 e. The summed E-state index contributed by atoms with van der Waals surface area (Å²) >= 11 is 1.21. The minimum Gasteiger partial charge on any atom is -0.323 e. The van der Waals surface area contributed by atoms with E-state index in [1.165, 1.54) is 18.2 Å². The van der Waals surface area contributed by atoms with E-state index in [2.05, 4.69) is 20.1 Å². The largest absolute Gasteiger partial charge is 0.323 e. The van der Waals surface area contributed by atoms with E-state index in [0.717, 1.165) is 43.6 Å². The predicted octanol–water partition coefficient (Wildman–Crippen LogP) is 4.63. The van der Waals surface area contributed by atoms with Crippen LogP contribution in [0.2, 0.25) is 0 Å². The zero-order valence-electron chi connectivity index (χ0n) is 15.1. The maximum absolute atomic E-state index is 13.8. The van der Waals surface area contributed by atoms with Crippen LogP contribution in [-0.2, 0) is 4.79 Å². The monoisotopic (exact) mass is 398 g/mol. The molecule has 1 aliphatic carbocycles. The molecule has 1 aromatic heterocycles. The molecule has 1 aromatic carbocycles. The average Bonchev–Trinajstić information content (AvgIpc) is 3.03. The van der Waals surface area contributed by atoms with Crippen LogP contribution in [0.15, 0.2) is 17.3 Å². The van der Waals surface area contributed by atoms with E-state index in [9.17, 15) is 18.0 Å². The first-order valence-electron chi connectivity index (χ1n) is 8.91. The van der Waals surface area contributed by atoms with Gasteiger partial charge in [-0.25, -0.2) is 13.2 Å². The molecule has 146 valence electrons. The number of carbonyl (C=O) groups excluding carboxylic acids is 1. The van der Waals surface area contributed by atoms with E-state index in [-0.39, 0.29) is 0 Å². The summed E-state index contributed by atoms with van der Waals surface area (Å²) in [6.07, 6.45) is 5.62. The standard InChI is InChI=1S/C18H21F3N4OS/c1-10(17(26)22-14-9-8-13(19)15(20)16(14)21)27-18-24-23-11(2)25(18)12-6-4-3-5-7-12/h8-10,12H,3-7H2,1-2H3,(H,22,26). The quantitative estimate of drug-likeness (QED) is 0.589. The lowest BCUT2D eigenvalue weighted by molar-refractivity contribution is -0.115. The number of nitrogens with one attached hydrogen (secondary N) is 1. The molecule has 5 nitrogen and oxygen atoms in total. The topological polar surface area (TPSA) is 59.8 Å². The molecule has 27 heavy (non-hydrogen) atoms. The van der Waals surface area contributed by atoms with Gasteiger partial charge in [-0.2, -0.15) is 0 Å². The number of aromatic nitrogens is 3. The summed E-state index contributed by atoms with van der Waals surface area (Å²) in [5, 5.41) is 10.6. The van der Waals surface area contributed by atoms with Gasteiger partial charge in [-0.05, 0) is 38.8 Å². The van der Waals surface area contributed by atoms with Crippen molar-refractivity contribution in [1.29, 1.82) is 0 Å². The van der Waals surface area contributed by atoms with Gasteiger partial charge in [-0.3, -0.25) is 4.79 Å². The van der Waals surface area contributed by atoms with Crippen LogP contribution in [0.5, 0.6) is 0 Å². The molecule has 1 unspecified atom stereocenters. The molecule has 1 N–H and O–H groups in total. The molecule has 0 spiro atoms. The molecule has 0 saturated heterocycles. The molecule has 3 rings (SSSR count). The van der Waals surface area contributed by atoms with Crippen molar-refractivity contribution in [2.24, 2.45) is 0 Å². The maximum atomic E-state index is 13.8. The number of anilines is 1. The Hall–Kier alpha value is -2.03. The molecule has 1 heterocycles. The molecule has 1 atom stereocenters. The van der Waals surface area contributed by atoms with Gasteiger partial charge in [0.15, 0.2) is 22.6 Å². The summed E-state index contributed by atoms with van der Waals surface area (Å²) in [7, 11) is 0. The fourth-order valence-electron chi connectivity index (χ4n) is 3.26. The summed E-state index contributed by atoms with van der Waals surface area (Å²) in [4.78, 5) is 12.4. The van der Waals surface area contributed by atoms with Crippen LogP contribution in [0.3, 0.4) is 0 Å². The predicted molar refractivity (Wildman–Crippen MR) is 97.1 cm³/mol. The van der Waals surface area contributed by atoms with Crippen LogP contribution < -0.4 is 5.32 Å². The lowest BCUT2D eigenvalue weighted by Crippen LogP contribution is -2.24. The van der Waals surface area contributed by atoms with Gasteiger partial charge in [0.25, 0.3) is 0 Å². The summed E-state index contributed by atoms with van der Waals surface area (Å²) in [6, 6.07) is 2.09. The Morgan fingerprint density at radius 1 is 1.19 bits per heavy atom. The highest BCUT2D eigenvalue weighted by atomic mass is 32.2. The van der Waals surface area contributed by atoms with Crippen LogP contribution >= 0.6 is 11.8 Å². The smallest absolute Gasteiger partial charge is 0.237 e. The van der Waals surface area contributed by atoms with Crippen LogP contribution in [0.1, 0.15) is 50.9 Å². The third-order valence-corrected chi connectivity index (χ3v) is 5.78. The summed E-state index contributed by atoms with van der Waals surface area (Å²) in [6.45, 7) is 3.53. The number of thioether (sulfide) groups is 1. The van der Waals surface area contributed by atoms with Crippen molar-refractivity contribution in [2.45, 2.75) is 62.4 Å². The molecule has 9 heteroatoms. The minimum absolute atomic E-state index is 0.315. The SMILES string of the molecule is Cc1nnc(SC(C)C(=O)Nc2ccc(F)c(F)c2F)n1C1CCCCC1. The molecule has 0 aliphatic heterocycles. The molecule has 1 amide bonds. The third-order valence-electron chi connectivity index (χ3n) is 4.72. The van der Waals surface area contributed by atoms with Gasteiger partial charge in [-0.1, -0.05) is 31.0 Å². The van der Waals surface area contributed by atoms with Crippen LogP contribution in [0.25, 0.3) is 0 Å². The second kappa shape index (κ2) is 8.33. The van der Waals surface area contributed by atoms with Gasteiger partial charge in [0.1, 0.15) is 5.82 Å². The van der Waals surface area contributed by atoms with Crippen molar-refractivity contribution in [3.05, 3.63) is 35.4 Å². The van der Waals surface area contributed by atoms with Crippen molar-refractivity contribution >= 4 is 23.4 Å². The van der Waals surface area contributed by atoms with E-state index >= 15 is 0 Å². The molecule has 1 fully saturated rings. The summed E-state index contributed by atoms with van der Waals surface area (Å²) in [5.74, 6) is -4.06. The first-order chi connectivity index (χ1) is 12.9. The van der Waals surface area contributed by atoms with Crippen LogP contribution in [-0.4, -0.2) is 25.9 Å². The molecular formula is C18H21F3N4OS. The van der Waals surface area contributed by atoms with Crippen molar-refractivity contribution in [3.63, 3.8) is 0 Å². The number of carbonyl (C=O) groups is 1. The Labute approximate surface area is 159 Å². The summed E-state index contributed by atoms with van der Waals surface area (Å²) < 4.78 is 42.2. The van der Waals surface area contributed by atoms with Gasteiger partial charge >= 0.3 is 0 Å². The number of halogens is 3. The van der Waals surface area contributed by atoms with Crippen LogP contribution in [0.4, 0.5) is 18.9 Å². The Morgan fingerprint density at radius 2 is 1.89 bits per heavy atom. The number of hydrogen-bond donors (Lipinski definition) is 1. The Bertz CT molecular complexity index is 836. The van der Waals surface area contributed by atoms with Gasteiger partial charge in [0.05, 0.1) is 10.9 Å². The molecule has 0 bridgehead atoms. The van der Waals surface area contributed by atoms with E-state index in [1.54, 1.807) is 6.92 Å². The van der Waals surface area contributed by atoms with E-state index in [4.69, 9.17) is 0 Å². The first-order valence-corrected chi connectivity index (χ1v) is 9.79. The Morgan fingerprint density at radius 3 is 2.59 bits per heavy atom. The van der Waals surface area contributed by atoms with Crippen LogP contribution in [0, 0.1) is 24.4 Å². The zero-order valence-corrected chi connectivity index (χ0v) is 16.0. The zero-order chi connectivity index (χ0) is 19.6. The highest BCUT2D eigenvalue weighted by molar-refractivity contribution is 8.00. The van der Waals surface area contributed by atoms with Gasteiger partial charge in [0, 0.05) is 6.04 Å². The number of rotatable bonds is 5. The third kappa shape index (κ3) is 4.28. The van der Waals surface area contributed by atoms with Crippen molar-refractivity contribution in [3.8, 4) is 0 Å². The van der Waals surface area contributed by atoms with Crippen molar-refractivity contribution < 1.29 is 18.0 Å². The molecule has 2 aromatic rings. The molecular weight excluding hydrogens is 377 g/mol. The lowest BCUT2D eigenvalue weighted by atomic mass is 9.95. The number of nitrogens with zero attached hydrogens (tertiary/aromatic N) is 3. The molecule has 1 saturated carbocycles. The first kappa shape index (κ1) is 19.7.